The van der Waals surface area contributed by atoms with Crippen molar-refractivity contribution in [3.8, 4) is 56.2 Å². The maximum atomic E-state index is 7.86. The Balaban J connectivity index is 1.20. The van der Waals surface area contributed by atoms with Crippen LogP contribution < -0.4 is 0 Å². The number of benzene rings is 8. The minimum absolute atomic E-state index is 0.586. The van der Waals surface area contributed by atoms with E-state index in [2.05, 4.69) is 181 Å². The van der Waals surface area contributed by atoms with Gasteiger partial charge >= 0.3 is 0 Å². The average Bonchev–Trinajstić information content (AvgIpc) is 3.56. The summed E-state index contributed by atoms with van der Waals surface area (Å²) in [6.45, 7) is 7.86. The molecule has 1 heterocycles. The second kappa shape index (κ2) is 13.2. The van der Waals surface area contributed by atoms with Gasteiger partial charge in [-0.2, -0.15) is 0 Å². The van der Waals surface area contributed by atoms with Crippen molar-refractivity contribution in [2.24, 2.45) is 0 Å². The molecule has 0 amide bonds. The zero-order valence-electron chi connectivity index (χ0n) is 29.9. The Kier molecular flexibility index (Phi) is 7.75. The lowest BCUT2D eigenvalue weighted by atomic mass is 9.67. The zero-order chi connectivity index (χ0) is 36.8. The summed E-state index contributed by atoms with van der Waals surface area (Å²) in [6, 6.07) is 70.5. The van der Waals surface area contributed by atoms with Gasteiger partial charge in [-0.3, -0.25) is 0 Å². The smallest absolute Gasteiger partial charge is 0.187 e. The highest BCUT2D eigenvalue weighted by molar-refractivity contribution is 5.93. The van der Waals surface area contributed by atoms with Gasteiger partial charge in [0, 0.05) is 16.7 Å². The Hall–Kier alpha value is -7.41. The number of nitrogens with zero attached hydrogens (tertiary/aromatic N) is 3. The van der Waals surface area contributed by atoms with Crippen molar-refractivity contribution in [2.75, 3.05) is 0 Å². The minimum Gasteiger partial charge on any atom is -0.238 e. The Morgan fingerprint density at radius 3 is 1.73 bits per heavy atom. The van der Waals surface area contributed by atoms with E-state index in [4.69, 9.17) is 16.5 Å². The summed E-state index contributed by atoms with van der Waals surface area (Å²) in [5.74, 6) is 0.684. The molecule has 0 fully saturated rings. The van der Waals surface area contributed by atoms with Crippen LogP contribution in [0.3, 0.4) is 0 Å². The molecular formula is C52H33N3. The zero-order valence-corrected chi connectivity index (χ0v) is 29.9. The van der Waals surface area contributed by atoms with Crippen molar-refractivity contribution in [1.29, 1.82) is 0 Å². The molecule has 0 bridgehead atoms. The lowest BCUT2D eigenvalue weighted by molar-refractivity contribution is 0.769. The Labute approximate surface area is 320 Å². The second-order valence-electron chi connectivity index (χ2n) is 14.0. The van der Waals surface area contributed by atoms with Crippen LogP contribution in [-0.4, -0.2) is 9.97 Å². The van der Waals surface area contributed by atoms with Crippen LogP contribution in [0.4, 0.5) is 5.69 Å². The molecule has 256 valence electrons. The summed E-state index contributed by atoms with van der Waals surface area (Å²) >= 11 is 0. The molecule has 0 saturated heterocycles. The van der Waals surface area contributed by atoms with Gasteiger partial charge < -0.3 is 0 Å². The summed E-state index contributed by atoms with van der Waals surface area (Å²) in [5, 5.41) is 2.37. The minimum atomic E-state index is -0.586. The molecule has 0 unspecified atom stereocenters. The molecule has 0 N–H and O–H groups in total. The number of aromatic nitrogens is 2. The van der Waals surface area contributed by atoms with Gasteiger partial charge in [-0.1, -0.05) is 176 Å². The predicted octanol–water partition coefficient (Wildman–Crippen LogP) is 13.2. The third-order valence-corrected chi connectivity index (χ3v) is 11.0. The van der Waals surface area contributed by atoms with E-state index in [1.165, 1.54) is 33.0 Å². The van der Waals surface area contributed by atoms with Gasteiger partial charge in [0.2, 0.25) is 0 Å². The lowest BCUT2D eigenvalue weighted by Crippen LogP contribution is -2.28. The second-order valence-corrected chi connectivity index (χ2v) is 14.0. The Morgan fingerprint density at radius 1 is 0.382 bits per heavy atom. The molecule has 10 rings (SSSR count). The highest BCUT2D eigenvalue weighted by Crippen LogP contribution is 2.57. The highest BCUT2D eigenvalue weighted by atomic mass is 14.9. The average molecular weight is 700 g/mol. The van der Waals surface area contributed by atoms with E-state index in [0.29, 0.717) is 11.5 Å². The Bertz CT molecular complexity index is 2890. The topological polar surface area (TPSA) is 30.1 Å². The molecular weight excluding hydrogens is 667 g/mol. The fraction of sp³-hybridized carbons (Fsp3) is 0.0192. The largest absolute Gasteiger partial charge is 0.238 e. The van der Waals surface area contributed by atoms with Crippen LogP contribution in [0.2, 0.25) is 0 Å². The molecule has 1 aliphatic rings. The first-order valence-corrected chi connectivity index (χ1v) is 18.5. The van der Waals surface area contributed by atoms with Gasteiger partial charge in [-0.15, -0.1) is 0 Å². The third-order valence-electron chi connectivity index (χ3n) is 11.0. The maximum absolute atomic E-state index is 7.86. The van der Waals surface area contributed by atoms with E-state index in [9.17, 15) is 0 Å². The summed E-state index contributed by atoms with van der Waals surface area (Å²) < 4.78 is 0. The molecule has 55 heavy (non-hydrogen) atoms. The van der Waals surface area contributed by atoms with Crippen molar-refractivity contribution in [2.45, 2.75) is 5.41 Å². The van der Waals surface area contributed by atoms with Gasteiger partial charge in [0.05, 0.1) is 23.4 Å². The molecule has 0 aliphatic heterocycles. The number of fused-ring (bicyclic) bond motifs is 4. The molecule has 0 saturated carbocycles. The van der Waals surface area contributed by atoms with Gasteiger partial charge in [-0.05, 0) is 79.5 Å². The normalized spacial score (nSPS) is 12.5. The summed E-state index contributed by atoms with van der Waals surface area (Å²) in [6.07, 6.45) is 0. The van der Waals surface area contributed by atoms with Crippen molar-refractivity contribution in [3.63, 3.8) is 0 Å². The first-order valence-electron chi connectivity index (χ1n) is 18.5. The van der Waals surface area contributed by atoms with Crippen LogP contribution in [0.1, 0.15) is 22.3 Å². The predicted molar refractivity (Wildman–Crippen MR) is 225 cm³/mol. The van der Waals surface area contributed by atoms with E-state index in [0.717, 1.165) is 50.3 Å². The van der Waals surface area contributed by atoms with E-state index < -0.39 is 5.41 Å². The van der Waals surface area contributed by atoms with E-state index in [1.807, 2.05) is 24.3 Å². The van der Waals surface area contributed by atoms with Crippen LogP contribution in [0.15, 0.2) is 200 Å². The first-order chi connectivity index (χ1) is 27.2. The van der Waals surface area contributed by atoms with E-state index >= 15 is 0 Å². The number of hydrogen-bond acceptors (Lipinski definition) is 2. The monoisotopic (exact) mass is 699 g/mol. The van der Waals surface area contributed by atoms with Crippen molar-refractivity contribution < 1.29 is 0 Å². The van der Waals surface area contributed by atoms with Crippen LogP contribution in [0, 0.1) is 6.57 Å². The van der Waals surface area contributed by atoms with Crippen molar-refractivity contribution in [1.82, 2.24) is 9.97 Å². The molecule has 3 nitrogen and oxygen atoms in total. The van der Waals surface area contributed by atoms with Gasteiger partial charge in [-0.25, -0.2) is 14.8 Å². The van der Waals surface area contributed by atoms with Crippen LogP contribution in [0.5, 0.6) is 0 Å². The van der Waals surface area contributed by atoms with Crippen LogP contribution in [-0.2, 0) is 5.41 Å². The van der Waals surface area contributed by atoms with Gasteiger partial charge in [0.15, 0.2) is 11.5 Å². The SMILES string of the molecule is [C-]#[N+]c1ccc2c(c1)-c1ccc(-c3ccccc3-c3cc(-c4ccc5ccccc5c4)nc(-c4ccccc4)n3)cc1C2(c1ccccc1)c1ccccc1. The van der Waals surface area contributed by atoms with Gasteiger partial charge in [0.1, 0.15) is 0 Å². The molecule has 1 aliphatic carbocycles. The highest BCUT2D eigenvalue weighted by Gasteiger charge is 2.46. The van der Waals surface area contributed by atoms with E-state index in [-0.39, 0.29) is 0 Å². The lowest BCUT2D eigenvalue weighted by Gasteiger charge is -2.34. The van der Waals surface area contributed by atoms with E-state index in [1.54, 1.807) is 0 Å². The molecule has 8 aromatic carbocycles. The number of hydrogen-bond donors (Lipinski definition) is 0. The Morgan fingerprint density at radius 2 is 1.00 bits per heavy atom. The fourth-order valence-electron chi connectivity index (χ4n) is 8.47. The van der Waals surface area contributed by atoms with Crippen LogP contribution >= 0.6 is 0 Å². The molecule has 0 atom stereocenters. The number of rotatable bonds is 6. The summed E-state index contributed by atoms with van der Waals surface area (Å²) in [7, 11) is 0. The van der Waals surface area contributed by atoms with Crippen molar-refractivity contribution >= 4 is 16.5 Å². The molecule has 9 aromatic rings. The first kappa shape index (κ1) is 32.3. The molecule has 3 heteroatoms. The van der Waals surface area contributed by atoms with Crippen LogP contribution in [0.25, 0.3) is 71.8 Å². The molecule has 0 spiro atoms. The fourth-order valence-corrected chi connectivity index (χ4v) is 8.47. The third kappa shape index (κ3) is 5.35. The van der Waals surface area contributed by atoms with Gasteiger partial charge in [0.25, 0.3) is 0 Å². The quantitative estimate of drug-likeness (QED) is 0.162. The standard InChI is InChI=1S/C52H33N3/c1-53-42-28-30-47-46(33-42)44-29-27-38(32-48(44)52(47,40-19-7-3-8-20-40)41-21-9-4-10-22-41)43-23-13-14-24-45(43)50-34-49(54-51(55-50)36-16-5-2-6-17-36)39-26-25-35-15-11-12-18-37(35)31-39/h2-34H. The molecule has 1 aromatic heterocycles. The molecule has 0 radical (unpaired) electrons. The summed E-state index contributed by atoms with van der Waals surface area (Å²) in [5.41, 5.74) is 14.0. The van der Waals surface area contributed by atoms with Crippen molar-refractivity contribution in [3.05, 3.63) is 234 Å². The maximum Gasteiger partial charge on any atom is 0.187 e. The summed E-state index contributed by atoms with van der Waals surface area (Å²) in [4.78, 5) is 14.2.